The molecule has 0 aromatic carbocycles. The molecular formula is C16H19N3O2S. The third-order valence-corrected chi connectivity index (χ3v) is 6.33. The molecule has 5 nitrogen and oxygen atoms in total. The number of carbonyl (C=O) groups is 1. The van der Waals surface area contributed by atoms with Crippen molar-refractivity contribution in [1.82, 2.24) is 9.97 Å². The van der Waals surface area contributed by atoms with Gasteiger partial charge >= 0.3 is 5.97 Å². The maximum Gasteiger partial charge on any atom is 0.309 e. The fraction of sp³-hybridized carbons (Fsp3) is 0.562. The number of fused-ring (bicyclic) bond motifs is 1. The van der Waals surface area contributed by atoms with E-state index in [1.807, 2.05) is 0 Å². The van der Waals surface area contributed by atoms with Gasteiger partial charge in [0, 0.05) is 13.1 Å². The zero-order chi connectivity index (χ0) is 15.3. The van der Waals surface area contributed by atoms with E-state index in [1.165, 1.54) is 17.4 Å². The topological polar surface area (TPSA) is 55.3 Å². The molecule has 0 unspecified atom stereocenters. The molecule has 1 saturated carbocycles. The van der Waals surface area contributed by atoms with Gasteiger partial charge in [-0.05, 0) is 42.5 Å². The number of carbonyl (C=O) groups excluding carboxylic acids is 1. The van der Waals surface area contributed by atoms with E-state index in [4.69, 9.17) is 4.74 Å². The van der Waals surface area contributed by atoms with Crippen LogP contribution in [0.3, 0.4) is 0 Å². The van der Waals surface area contributed by atoms with Gasteiger partial charge in [0.15, 0.2) is 0 Å². The fourth-order valence-electron chi connectivity index (χ4n) is 3.72. The fourth-order valence-corrected chi connectivity index (χ4v) is 4.74. The maximum atomic E-state index is 11.7. The van der Waals surface area contributed by atoms with Crippen molar-refractivity contribution in [2.24, 2.45) is 11.3 Å². The minimum atomic E-state index is -0.0354. The largest absolute Gasteiger partial charge is 0.469 e. The Kier molecular flexibility index (Phi) is 3.11. The monoisotopic (exact) mass is 317 g/mol. The van der Waals surface area contributed by atoms with Crippen molar-refractivity contribution in [3.8, 4) is 0 Å². The van der Waals surface area contributed by atoms with Crippen LogP contribution < -0.4 is 4.90 Å². The molecular weight excluding hydrogens is 298 g/mol. The van der Waals surface area contributed by atoms with E-state index in [0.717, 1.165) is 43.7 Å². The lowest BCUT2D eigenvalue weighted by molar-refractivity contribution is -0.143. The van der Waals surface area contributed by atoms with Crippen molar-refractivity contribution >= 4 is 33.3 Å². The normalized spacial score (nSPS) is 23.0. The number of hydrogen-bond acceptors (Lipinski definition) is 6. The Morgan fingerprint density at radius 3 is 2.91 bits per heavy atom. The van der Waals surface area contributed by atoms with Crippen molar-refractivity contribution < 1.29 is 9.53 Å². The molecule has 0 N–H and O–H groups in total. The van der Waals surface area contributed by atoms with E-state index in [0.29, 0.717) is 0 Å². The molecule has 0 radical (unpaired) electrons. The van der Waals surface area contributed by atoms with Crippen molar-refractivity contribution in [3.05, 3.63) is 17.3 Å². The molecule has 2 aliphatic rings. The summed E-state index contributed by atoms with van der Waals surface area (Å²) in [6.07, 6.45) is 4.74. The molecule has 0 bridgehead atoms. The van der Waals surface area contributed by atoms with Gasteiger partial charge in [0.2, 0.25) is 0 Å². The van der Waals surface area contributed by atoms with Gasteiger partial charge in [0.1, 0.15) is 12.1 Å². The maximum absolute atomic E-state index is 11.7. The van der Waals surface area contributed by atoms with E-state index in [2.05, 4.69) is 27.2 Å². The Bertz CT molecular complexity index is 734. The number of esters is 1. The number of methoxy groups -OCH3 is 1. The first kappa shape index (κ1) is 13.9. The molecule has 2 aromatic rings. The number of aromatic nitrogens is 2. The lowest BCUT2D eigenvalue weighted by atomic mass is 9.91. The van der Waals surface area contributed by atoms with Crippen LogP contribution in [0, 0.1) is 18.3 Å². The first-order valence-electron chi connectivity index (χ1n) is 7.66. The highest BCUT2D eigenvalue weighted by atomic mass is 32.1. The Balaban J connectivity index is 1.53. The molecule has 4 rings (SSSR count). The SMILES string of the molecule is COC(=O)[C@H]1CC12CCN(c1ncnc3c(C)csc13)CC2. The van der Waals surface area contributed by atoms with Crippen LogP contribution in [-0.2, 0) is 9.53 Å². The standard InChI is InChI=1S/C16H19N3O2S/c1-10-8-22-13-12(10)17-9-18-14(13)19-5-3-16(4-6-19)7-11(16)15(20)21-2/h8-9,11H,3-7H2,1-2H3/t11-/m1/s1. The first-order valence-corrected chi connectivity index (χ1v) is 8.54. The Labute approximate surface area is 133 Å². The zero-order valence-corrected chi connectivity index (χ0v) is 13.7. The molecule has 116 valence electrons. The van der Waals surface area contributed by atoms with Gasteiger partial charge in [0.25, 0.3) is 0 Å². The second-order valence-corrected chi connectivity index (χ2v) is 7.30. The second-order valence-electron chi connectivity index (χ2n) is 6.42. The number of ether oxygens (including phenoxy) is 1. The molecule has 22 heavy (non-hydrogen) atoms. The summed E-state index contributed by atoms with van der Waals surface area (Å²) in [5.41, 5.74) is 2.47. The second kappa shape index (κ2) is 4.91. The lowest BCUT2D eigenvalue weighted by Crippen LogP contribution is -2.36. The summed E-state index contributed by atoms with van der Waals surface area (Å²) in [5.74, 6) is 1.13. The van der Waals surface area contributed by atoms with Crippen LogP contribution in [0.25, 0.3) is 10.2 Å². The van der Waals surface area contributed by atoms with Crippen molar-refractivity contribution in [1.29, 1.82) is 0 Å². The van der Waals surface area contributed by atoms with Crippen molar-refractivity contribution in [2.45, 2.75) is 26.2 Å². The van der Waals surface area contributed by atoms with Gasteiger partial charge in [-0.2, -0.15) is 0 Å². The quantitative estimate of drug-likeness (QED) is 0.797. The molecule has 3 heterocycles. The van der Waals surface area contributed by atoms with Gasteiger partial charge in [-0.25, -0.2) is 9.97 Å². The predicted octanol–water partition coefficient (Wildman–Crippen LogP) is 2.78. The van der Waals surface area contributed by atoms with Crippen molar-refractivity contribution in [2.75, 3.05) is 25.1 Å². The number of piperidine rings is 1. The molecule has 1 saturated heterocycles. The molecule has 1 atom stereocenters. The molecule has 6 heteroatoms. The predicted molar refractivity (Wildman–Crippen MR) is 86.2 cm³/mol. The van der Waals surface area contributed by atoms with Gasteiger partial charge in [-0.3, -0.25) is 4.79 Å². The van der Waals surface area contributed by atoms with Crippen LogP contribution in [0.1, 0.15) is 24.8 Å². The summed E-state index contributed by atoms with van der Waals surface area (Å²) in [7, 11) is 1.49. The van der Waals surface area contributed by atoms with Gasteiger partial charge in [0.05, 0.1) is 23.2 Å². The summed E-state index contributed by atoms with van der Waals surface area (Å²) >= 11 is 1.72. The highest BCUT2D eigenvalue weighted by molar-refractivity contribution is 7.18. The molecule has 2 aromatic heterocycles. The highest BCUT2D eigenvalue weighted by Crippen LogP contribution is 2.60. The number of anilines is 1. The number of hydrogen-bond donors (Lipinski definition) is 0. The Morgan fingerprint density at radius 1 is 1.41 bits per heavy atom. The van der Waals surface area contributed by atoms with E-state index in [-0.39, 0.29) is 17.3 Å². The molecule has 2 fully saturated rings. The highest BCUT2D eigenvalue weighted by Gasteiger charge is 2.59. The van der Waals surface area contributed by atoms with Crippen LogP contribution >= 0.6 is 11.3 Å². The lowest BCUT2D eigenvalue weighted by Gasteiger charge is -2.33. The summed E-state index contributed by atoms with van der Waals surface area (Å²) in [6.45, 7) is 4.00. The number of rotatable bonds is 2. The Morgan fingerprint density at radius 2 is 2.18 bits per heavy atom. The summed E-state index contributed by atoms with van der Waals surface area (Å²) in [5, 5.41) is 2.14. The Hall–Kier alpha value is -1.69. The van der Waals surface area contributed by atoms with E-state index in [9.17, 15) is 4.79 Å². The van der Waals surface area contributed by atoms with Crippen LogP contribution in [-0.4, -0.2) is 36.1 Å². The number of nitrogens with zero attached hydrogens (tertiary/aromatic N) is 3. The van der Waals surface area contributed by atoms with Crippen LogP contribution in [0.15, 0.2) is 11.7 Å². The van der Waals surface area contributed by atoms with Gasteiger partial charge in [-0.15, -0.1) is 11.3 Å². The zero-order valence-electron chi connectivity index (χ0n) is 12.8. The number of aryl methyl sites for hydroxylation is 1. The molecule has 1 aliphatic carbocycles. The first-order chi connectivity index (χ1) is 10.6. The van der Waals surface area contributed by atoms with E-state index < -0.39 is 0 Å². The van der Waals surface area contributed by atoms with Crippen LogP contribution in [0.5, 0.6) is 0 Å². The summed E-state index contributed by atoms with van der Waals surface area (Å²) in [4.78, 5) is 23.0. The summed E-state index contributed by atoms with van der Waals surface area (Å²) in [6, 6.07) is 0. The van der Waals surface area contributed by atoms with Gasteiger partial charge in [-0.1, -0.05) is 0 Å². The summed E-state index contributed by atoms with van der Waals surface area (Å²) < 4.78 is 6.08. The average Bonchev–Trinajstić information content (AvgIpc) is 3.12. The van der Waals surface area contributed by atoms with Crippen LogP contribution in [0.4, 0.5) is 5.82 Å². The smallest absolute Gasteiger partial charge is 0.309 e. The minimum absolute atomic E-state index is 0.0354. The third kappa shape index (κ3) is 2.00. The van der Waals surface area contributed by atoms with Gasteiger partial charge < -0.3 is 9.64 Å². The molecule has 1 aliphatic heterocycles. The van der Waals surface area contributed by atoms with E-state index >= 15 is 0 Å². The average molecular weight is 317 g/mol. The van der Waals surface area contributed by atoms with Crippen LogP contribution in [0.2, 0.25) is 0 Å². The third-order valence-electron chi connectivity index (χ3n) is 5.25. The minimum Gasteiger partial charge on any atom is -0.469 e. The van der Waals surface area contributed by atoms with E-state index in [1.54, 1.807) is 17.7 Å². The van der Waals surface area contributed by atoms with Crippen molar-refractivity contribution in [3.63, 3.8) is 0 Å². The number of thiophene rings is 1. The molecule has 0 amide bonds. The molecule has 1 spiro atoms.